The molecule has 0 aromatic heterocycles. The molecule has 1 amide bonds. The highest BCUT2D eigenvalue weighted by molar-refractivity contribution is 5.94. The summed E-state index contributed by atoms with van der Waals surface area (Å²) >= 11 is 0. The lowest BCUT2D eigenvalue weighted by Crippen LogP contribution is -2.33. The lowest BCUT2D eigenvalue weighted by atomic mass is 10.1. The molecule has 7 heteroatoms. The Balaban J connectivity index is 2.05. The van der Waals surface area contributed by atoms with E-state index in [2.05, 4.69) is 5.32 Å². The smallest absolute Gasteiger partial charge is 0.379 e. The van der Waals surface area contributed by atoms with E-state index in [1.54, 1.807) is 0 Å². The summed E-state index contributed by atoms with van der Waals surface area (Å²) in [7, 11) is 0. The second-order valence-electron chi connectivity index (χ2n) is 4.91. The van der Waals surface area contributed by atoms with Crippen LogP contribution >= 0.6 is 0 Å². The Morgan fingerprint density at radius 1 is 1.38 bits per heavy atom. The third kappa shape index (κ3) is 4.18. The van der Waals surface area contributed by atoms with Gasteiger partial charge >= 0.3 is 6.18 Å². The number of ether oxygens (including phenoxy) is 1. The maximum atomic E-state index is 12.5. The summed E-state index contributed by atoms with van der Waals surface area (Å²) < 4.78 is 42.7. The summed E-state index contributed by atoms with van der Waals surface area (Å²) in [4.78, 5) is 11.9. The first-order chi connectivity index (χ1) is 9.88. The Morgan fingerprint density at radius 2 is 2.14 bits per heavy atom. The van der Waals surface area contributed by atoms with Gasteiger partial charge in [0, 0.05) is 12.3 Å². The third-order valence-corrected chi connectivity index (χ3v) is 3.25. The predicted octanol–water partition coefficient (Wildman–Crippen LogP) is 2.79. The van der Waals surface area contributed by atoms with Gasteiger partial charge < -0.3 is 15.2 Å². The van der Waals surface area contributed by atoms with Crippen molar-refractivity contribution in [3.8, 4) is 0 Å². The first-order valence-corrected chi connectivity index (χ1v) is 6.65. The van der Waals surface area contributed by atoms with Gasteiger partial charge in [0.15, 0.2) is 6.10 Å². The van der Waals surface area contributed by atoms with Crippen molar-refractivity contribution in [2.45, 2.75) is 37.6 Å². The van der Waals surface area contributed by atoms with E-state index in [1.807, 2.05) is 0 Å². The quantitative estimate of drug-likeness (QED) is 0.902. The number of rotatable bonds is 3. The van der Waals surface area contributed by atoms with Crippen LogP contribution in [0.15, 0.2) is 24.3 Å². The van der Waals surface area contributed by atoms with Crippen LogP contribution < -0.4 is 5.32 Å². The molecule has 2 atom stereocenters. The summed E-state index contributed by atoms with van der Waals surface area (Å²) in [5, 5.41) is 11.7. The van der Waals surface area contributed by atoms with E-state index in [9.17, 15) is 23.1 Å². The fourth-order valence-electron chi connectivity index (χ4n) is 2.15. The number of anilines is 1. The predicted molar refractivity (Wildman–Crippen MR) is 69.7 cm³/mol. The highest BCUT2D eigenvalue weighted by Gasteiger charge is 2.39. The van der Waals surface area contributed by atoms with Crippen molar-refractivity contribution in [3.63, 3.8) is 0 Å². The molecule has 0 bridgehead atoms. The lowest BCUT2D eigenvalue weighted by molar-refractivity contribution is -0.206. The number of aliphatic hydroxyl groups excluding tert-OH is 1. The SMILES string of the molecule is O=C(Nc1cccc(C(O)C(F)(F)F)c1)C1CCCCO1. The van der Waals surface area contributed by atoms with Gasteiger partial charge in [0.25, 0.3) is 5.91 Å². The summed E-state index contributed by atoms with van der Waals surface area (Å²) in [6, 6.07) is 5.08. The van der Waals surface area contributed by atoms with Gasteiger partial charge in [-0.15, -0.1) is 0 Å². The number of alkyl halides is 3. The molecular weight excluding hydrogens is 287 g/mol. The van der Waals surface area contributed by atoms with Gasteiger partial charge in [0.2, 0.25) is 0 Å². The molecule has 4 nitrogen and oxygen atoms in total. The molecule has 1 aliphatic heterocycles. The van der Waals surface area contributed by atoms with Gasteiger partial charge in [-0.05, 0) is 37.0 Å². The van der Waals surface area contributed by atoms with Crippen LogP contribution in [0.2, 0.25) is 0 Å². The van der Waals surface area contributed by atoms with E-state index >= 15 is 0 Å². The topological polar surface area (TPSA) is 58.6 Å². The minimum atomic E-state index is -4.74. The molecule has 1 aromatic rings. The van der Waals surface area contributed by atoms with Crippen LogP contribution in [0.25, 0.3) is 0 Å². The number of carbonyl (C=O) groups is 1. The van der Waals surface area contributed by atoms with E-state index < -0.39 is 18.4 Å². The number of hydrogen-bond acceptors (Lipinski definition) is 3. The van der Waals surface area contributed by atoms with Crippen molar-refractivity contribution in [1.29, 1.82) is 0 Å². The van der Waals surface area contributed by atoms with Crippen molar-refractivity contribution in [2.75, 3.05) is 11.9 Å². The normalized spacial score (nSPS) is 20.9. The number of benzene rings is 1. The van der Waals surface area contributed by atoms with Crippen LogP contribution in [-0.2, 0) is 9.53 Å². The maximum Gasteiger partial charge on any atom is 0.418 e. The number of nitrogens with one attached hydrogen (secondary N) is 1. The number of amides is 1. The van der Waals surface area contributed by atoms with Crippen LogP contribution in [0.3, 0.4) is 0 Å². The lowest BCUT2D eigenvalue weighted by Gasteiger charge is -2.22. The van der Waals surface area contributed by atoms with E-state index in [1.165, 1.54) is 12.1 Å². The highest BCUT2D eigenvalue weighted by atomic mass is 19.4. The van der Waals surface area contributed by atoms with Gasteiger partial charge in [-0.2, -0.15) is 13.2 Å². The fourth-order valence-corrected chi connectivity index (χ4v) is 2.15. The molecular formula is C14H16F3NO3. The fraction of sp³-hybridized carbons (Fsp3) is 0.500. The molecule has 2 rings (SSSR count). The number of carbonyl (C=O) groups excluding carboxylic acids is 1. The van der Waals surface area contributed by atoms with Gasteiger partial charge in [0.05, 0.1) is 0 Å². The molecule has 2 unspecified atom stereocenters. The Kier molecular flexibility index (Phi) is 4.84. The largest absolute Gasteiger partial charge is 0.418 e. The highest BCUT2D eigenvalue weighted by Crippen LogP contribution is 2.33. The molecule has 21 heavy (non-hydrogen) atoms. The van der Waals surface area contributed by atoms with Crippen molar-refractivity contribution in [3.05, 3.63) is 29.8 Å². The van der Waals surface area contributed by atoms with E-state index in [4.69, 9.17) is 4.74 Å². The van der Waals surface area contributed by atoms with Crippen molar-refractivity contribution in [1.82, 2.24) is 0 Å². The van der Waals surface area contributed by atoms with Gasteiger partial charge in [-0.1, -0.05) is 12.1 Å². The molecule has 0 saturated carbocycles. The van der Waals surface area contributed by atoms with Crippen molar-refractivity contribution in [2.24, 2.45) is 0 Å². The van der Waals surface area contributed by atoms with Crippen LogP contribution in [-0.4, -0.2) is 29.9 Å². The summed E-state index contributed by atoms with van der Waals surface area (Å²) in [5.74, 6) is -0.381. The van der Waals surface area contributed by atoms with E-state index in [-0.39, 0.29) is 17.2 Å². The Morgan fingerprint density at radius 3 is 2.76 bits per heavy atom. The molecule has 1 aliphatic rings. The maximum absolute atomic E-state index is 12.5. The van der Waals surface area contributed by atoms with Crippen LogP contribution in [0, 0.1) is 0 Å². The van der Waals surface area contributed by atoms with Crippen LogP contribution in [0.5, 0.6) is 0 Å². The van der Waals surface area contributed by atoms with Crippen LogP contribution in [0.1, 0.15) is 30.9 Å². The summed E-state index contributed by atoms with van der Waals surface area (Å²) in [6.07, 6.45) is -5.51. The minimum Gasteiger partial charge on any atom is -0.379 e. The average molecular weight is 303 g/mol. The standard InChI is InChI=1S/C14H16F3NO3/c15-14(16,17)12(19)9-4-3-5-10(8-9)18-13(20)11-6-1-2-7-21-11/h3-5,8,11-12,19H,1-2,6-7H2,(H,18,20). The van der Waals surface area contributed by atoms with Crippen LogP contribution in [0.4, 0.5) is 18.9 Å². The Hall–Kier alpha value is -1.60. The molecule has 1 heterocycles. The molecule has 1 saturated heterocycles. The number of aliphatic hydroxyl groups is 1. The molecule has 1 fully saturated rings. The number of hydrogen-bond donors (Lipinski definition) is 2. The van der Waals surface area contributed by atoms with Gasteiger partial charge in [-0.3, -0.25) is 4.79 Å². The number of halogens is 3. The zero-order valence-corrected chi connectivity index (χ0v) is 11.2. The molecule has 2 N–H and O–H groups in total. The average Bonchev–Trinajstić information content (AvgIpc) is 2.46. The molecule has 0 spiro atoms. The van der Waals surface area contributed by atoms with E-state index in [0.29, 0.717) is 13.0 Å². The zero-order valence-electron chi connectivity index (χ0n) is 11.2. The van der Waals surface area contributed by atoms with Gasteiger partial charge in [0.1, 0.15) is 6.10 Å². The molecule has 0 radical (unpaired) electrons. The molecule has 0 aliphatic carbocycles. The summed E-state index contributed by atoms with van der Waals surface area (Å²) in [5.41, 5.74) is -0.111. The minimum absolute atomic E-state index is 0.204. The molecule has 1 aromatic carbocycles. The Bertz CT molecular complexity index is 498. The van der Waals surface area contributed by atoms with Crippen molar-refractivity contribution < 1.29 is 27.8 Å². The van der Waals surface area contributed by atoms with E-state index in [0.717, 1.165) is 25.0 Å². The second-order valence-corrected chi connectivity index (χ2v) is 4.91. The monoisotopic (exact) mass is 303 g/mol. The summed E-state index contributed by atoms with van der Waals surface area (Å²) in [6.45, 7) is 0.505. The third-order valence-electron chi connectivity index (χ3n) is 3.25. The Labute approximate surface area is 119 Å². The molecule has 116 valence electrons. The first-order valence-electron chi connectivity index (χ1n) is 6.65. The second kappa shape index (κ2) is 6.44. The first kappa shape index (κ1) is 15.8. The van der Waals surface area contributed by atoms with Gasteiger partial charge in [-0.25, -0.2) is 0 Å². The van der Waals surface area contributed by atoms with Crippen molar-refractivity contribution >= 4 is 11.6 Å². The zero-order chi connectivity index (χ0) is 15.5.